The molecule has 20 heavy (non-hydrogen) atoms. The first-order chi connectivity index (χ1) is 9.37. The van der Waals surface area contributed by atoms with Gasteiger partial charge in [-0.2, -0.15) is 0 Å². The van der Waals surface area contributed by atoms with Crippen LogP contribution in [-0.2, 0) is 0 Å². The van der Waals surface area contributed by atoms with E-state index < -0.39 is 0 Å². The van der Waals surface area contributed by atoms with Gasteiger partial charge in [-0.3, -0.25) is 0 Å². The van der Waals surface area contributed by atoms with E-state index in [1.807, 2.05) is 0 Å². The Balaban J connectivity index is 2.51. The first kappa shape index (κ1) is 18.0. The normalized spacial score (nSPS) is 19.5. The highest BCUT2D eigenvalue weighted by Gasteiger charge is 2.33. The molecule has 0 saturated carbocycles. The molecule has 0 spiro atoms. The molecule has 1 aliphatic heterocycles. The largest absolute Gasteiger partial charge is 0.316 e. The molecule has 0 atom stereocenters. The van der Waals surface area contributed by atoms with Crippen LogP contribution in [-0.4, -0.2) is 37.6 Å². The molecule has 2 heteroatoms. The third-order valence-corrected chi connectivity index (χ3v) is 5.62. The van der Waals surface area contributed by atoms with Gasteiger partial charge in [0.2, 0.25) is 0 Å². The summed E-state index contributed by atoms with van der Waals surface area (Å²) in [6.07, 6.45) is 5.34. The molecule has 120 valence electrons. The lowest BCUT2D eigenvalue weighted by Crippen LogP contribution is -2.47. The van der Waals surface area contributed by atoms with Crippen molar-refractivity contribution in [3.63, 3.8) is 0 Å². The number of nitrogens with one attached hydrogen (secondary N) is 1. The topological polar surface area (TPSA) is 15.3 Å². The van der Waals surface area contributed by atoms with Crippen molar-refractivity contribution in [2.24, 2.45) is 16.7 Å². The van der Waals surface area contributed by atoms with E-state index in [1.165, 1.54) is 51.9 Å². The summed E-state index contributed by atoms with van der Waals surface area (Å²) in [7, 11) is 0. The Morgan fingerprint density at radius 3 is 1.95 bits per heavy atom. The summed E-state index contributed by atoms with van der Waals surface area (Å²) in [5, 5.41) is 3.59. The van der Waals surface area contributed by atoms with Crippen LogP contribution in [0.15, 0.2) is 0 Å². The molecule has 1 N–H and O–H groups in total. The van der Waals surface area contributed by atoms with Crippen molar-refractivity contribution in [3.05, 3.63) is 0 Å². The van der Waals surface area contributed by atoms with Crippen molar-refractivity contribution >= 4 is 0 Å². The van der Waals surface area contributed by atoms with E-state index >= 15 is 0 Å². The van der Waals surface area contributed by atoms with Gasteiger partial charge in [0, 0.05) is 13.1 Å². The SMILES string of the molecule is CCNCC(CC)(CC)CN1CCC(C(C)(C)C)CC1. The van der Waals surface area contributed by atoms with E-state index in [-0.39, 0.29) is 0 Å². The maximum absolute atomic E-state index is 3.59. The lowest BCUT2D eigenvalue weighted by atomic mass is 9.74. The number of nitrogens with zero attached hydrogens (tertiary/aromatic N) is 1. The zero-order chi connectivity index (χ0) is 15.2. The zero-order valence-corrected chi connectivity index (χ0v) is 14.9. The Bertz CT molecular complexity index is 255. The minimum Gasteiger partial charge on any atom is -0.316 e. The van der Waals surface area contributed by atoms with Crippen LogP contribution in [0.2, 0.25) is 0 Å². The number of hydrogen-bond acceptors (Lipinski definition) is 2. The minimum absolute atomic E-state index is 0.477. The van der Waals surface area contributed by atoms with Crippen LogP contribution in [0.4, 0.5) is 0 Å². The van der Waals surface area contributed by atoms with Crippen molar-refractivity contribution in [1.29, 1.82) is 0 Å². The van der Waals surface area contributed by atoms with Gasteiger partial charge in [0.25, 0.3) is 0 Å². The summed E-state index contributed by atoms with van der Waals surface area (Å²) in [5.41, 5.74) is 0.965. The van der Waals surface area contributed by atoms with Crippen LogP contribution >= 0.6 is 0 Å². The summed E-state index contributed by atoms with van der Waals surface area (Å²) < 4.78 is 0. The van der Waals surface area contributed by atoms with E-state index in [1.54, 1.807) is 0 Å². The molecule has 1 aliphatic rings. The number of rotatable bonds is 7. The average Bonchev–Trinajstić information content (AvgIpc) is 2.43. The molecule has 2 nitrogen and oxygen atoms in total. The third-order valence-electron chi connectivity index (χ3n) is 5.62. The maximum Gasteiger partial charge on any atom is 0.00499 e. The molecule has 0 aromatic heterocycles. The van der Waals surface area contributed by atoms with E-state index in [4.69, 9.17) is 0 Å². The van der Waals surface area contributed by atoms with E-state index in [0.717, 1.165) is 12.5 Å². The Kier molecular flexibility index (Phi) is 7.00. The molecule has 0 amide bonds. The predicted molar refractivity (Wildman–Crippen MR) is 90.2 cm³/mol. The number of likely N-dealkylation sites (tertiary alicyclic amines) is 1. The van der Waals surface area contributed by atoms with Crippen molar-refractivity contribution in [3.8, 4) is 0 Å². The predicted octanol–water partition coefficient (Wildman–Crippen LogP) is 4.16. The molecule has 1 heterocycles. The van der Waals surface area contributed by atoms with Gasteiger partial charge in [0.05, 0.1) is 0 Å². The second-order valence-electron chi connectivity index (χ2n) is 7.90. The van der Waals surface area contributed by atoms with Crippen LogP contribution in [0.25, 0.3) is 0 Å². The molecule has 0 bridgehead atoms. The smallest absolute Gasteiger partial charge is 0.00499 e. The fourth-order valence-electron chi connectivity index (χ4n) is 3.60. The van der Waals surface area contributed by atoms with E-state index in [9.17, 15) is 0 Å². The minimum atomic E-state index is 0.477. The summed E-state index contributed by atoms with van der Waals surface area (Å²) in [5.74, 6) is 0.908. The Labute approximate surface area is 127 Å². The molecule has 0 aromatic carbocycles. The Morgan fingerprint density at radius 1 is 1.00 bits per heavy atom. The highest BCUT2D eigenvalue weighted by molar-refractivity contribution is 4.86. The molecular formula is C18H38N2. The molecular weight excluding hydrogens is 244 g/mol. The lowest BCUT2D eigenvalue weighted by molar-refractivity contribution is 0.0695. The van der Waals surface area contributed by atoms with Crippen LogP contribution in [0.1, 0.15) is 67.2 Å². The maximum atomic E-state index is 3.59. The number of hydrogen-bond donors (Lipinski definition) is 1. The van der Waals surface area contributed by atoms with E-state index in [0.29, 0.717) is 10.8 Å². The highest BCUT2D eigenvalue weighted by atomic mass is 15.1. The van der Waals surface area contributed by atoms with Gasteiger partial charge in [0.15, 0.2) is 0 Å². The van der Waals surface area contributed by atoms with Gasteiger partial charge in [-0.05, 0) is 62.1 Å². The first-order valence-electron chi connectivity index (χ1n) is 8.80. The molecule has 1 fully saturated rings. The van der Waals surface area contributed by atoms with Crippen molar-refractivity contribution < 1.29 is 0 Å². The standard InChI is InChI=1S/C18H38N2/c1-7-18(8-2,14-19-9-3)15-20-12-10-16(11-13-20)17(4,5)6/h16,19H,7-15H2,1-6H3. The molecule has 1 rings (SSSR count). The molecule has 0 radical (unpaired) electrons. The van der Waals surface area contributed by atoms with Gasteiger partial charge in [-0.1, -0.05) is 41.5 Å². The fraction of sp³-hybridized carbons (Fsp3) is 1.00. The Hall–Kier alpha value is -0.0800. The zero-order valence-electron chi connectivity index (χ0n) is 14.9. The van der Waals surface area contributed by atoms with Gasteiger partial charge in [-0.25, -0.2) is 0 Å². The summed E-state index contributed by atoms with van der Waals surface area (Å²) >= 11 is 0. The summed E-state index contributed by atoms with van der Waals surface area (Å²) in [6.45, 7) is 20.3. The van der Waals surface area contributed by atoms with Crippen LogP contribution in [0.3, 0.4) is 0 Å². The third kappa shape index (κ3) is 5.04. The van der Waals surface area contributed by atoms with Crippen LogP contribution < -0.4 is 5.32 Å². The van der Waals surface area contributed by atoms with Gasteiger partial charge >= 0.3 is 0 Å². The fourth-order valence-corrected chi connectivity index (χ4v) is 3.60. The van der Waals surface area contributed by atoms with Crippen molar-refractivity contribution in [2.75, 3.05) is 32.7 Å². The van der Waals surface area contributed by atoms with Gasteiger partial charge < -0.3 is 10.2 Å². The van der Waals surface area contributed by atoms with E-state index in [2.05, 4.69) is 51.8 Å². The summed E-state index contributed by atoms with van der Waals surface area (Å²) in [4.78, 5) is 2.73. The first-order valence-corrected chi connectivity index (χ1v) is 8.80. The lowest BCUT2D eigenvalue weighted by Gasteiger charge is -2.43. The summed E-state index contributed by atoms with van der Waals surface area (Å²) in [6, 6.07) is 0. The second-order valence-corrected chi connectivity index (χ2v) is 7.90. The van der Waals surface area contributed by atoms with Crippen molar-refractivity contribution in [1.82, 2.24) is 10.2 Å². The highest BCUT2D eigenvalue weighted by Crippen LogP contribution is 2.36. The molecule has 0 aromatic rings. The number of piperidine rings is 1. The Morgan fingerprint density at radius 2 is 1.55 bits per heavy atom. The second kappa shape index (κ2) is 7.79. The van der Waals surface area contributed by atoms with Crippen LogP contribution in [0.5, 0.6) is 0 Å². The quantitative estimate of drug-likeness (QED) is 0.754. The van der Waals surface area contributed by atoms with Crippen LogP contribution in [0, 0.1) is 16.7 Å². The van der Waals surface area contributed by atoms with Gasteiger partial charge in [-0.15, -0.1) is 0 Å². The monoisotopic (exact) mass is 282 g/mol. The average molecular weight is 283 g/mol. The molecule has 0 aliphatic carbocycles. The van der Waals surface area contributed by atoms with Crippen molar-refractivity contribution in [2.45, 2.75) is 67.2 Å². The molecule has 1 saturated heterocycles. The molecule has 0 unspecified atom stereocenters. The van der Waals surface area contributed by atoms with Gasteiger partial charge in [0.1, 0.15) is 0 Å².